The summed E-state index contributed by atoms with van der Waals surface area (Å²) in [6, 6.07) is 12.5. The zero-order valence-corrected chi connectivity index (χ0v) is 19.0. The van der Waals surface area contributed by atoms with E-state index < -0.39 is 5.63 Å². The first-order valence-corrected chi connectivity index (χ1v) is 11.6. The third-order valence-electron chi connectivity index (χ3n) is 5.39. The molecular formula is C23H19ClN4O3S. The van der Waals surface area contributed by atoms with Crippen LogP contribution in [0.4, 0.5) is 0 Å². The van der Waals surface area contributed by atoms with Crippen LogP contribution in [0, 0.1) is 6.92 Å². The van der Waals surface area contributed by atoms with Crippen LogP contribution in [0.2, 0.25) is 5.02 Å². The molecule has 0 aliphatic rings. The van der Waals surface area contributed by atoms with Crippen molar-refractivity contribution >= 4 is 51.0 Å². The highest BCUT2D eigenvalue weighted by Crippen LogP contribution is 2.30. The van der Waals surface area contributed by atoms with E-state index in [1.807, 2.05) is 48.6 Å². The number of aryl methyl sites for hydroxylation is 2. The number of hydrogen-bond acceptors (Lipinski definition) is 6. The molecule has 3 heterocycles. The highest BCUT2D eigenvalue weighted by molar-refractivity contribution is 7.98. The van der Waals surface area contributed by atoms with E-state index in [2.05, 4.69) is 10.2 Å². The van der Waals surface area contributed by atoms with Crippen LogP contribution in [-0.2, 0) is 12.3 Å². The molecule has 0 saturated heterocycles. The van der Waals surface area contributed by atoms with Crippen LogP contribution in [0.25, 0.3) is 27.6 Å². The van der Waals surface area contributed by atoms with Gasteiger partial charge in [0.25, 0.3) is 5.56 Å². The second-order valence-corrected chi connectivity index (χ2v) is 8.92. The number of aromatic nitrogens is 4. The molecule has 9 heteroatoms. The van der Waals surface area contributed by atoms with Crippen molar-refractivity contribution in [3.8, 4) is 0 Å². The number of halogens is 1. The van der Waals surface area contributed by atoms with Crippen LogP contribution in [0.3, 0.4) is 0 Å². The minimum atomic E-state index is -0.414. The van der Waals surface area contributed by atoms with Crippen LogP contribution in [0.5, 0.6) is 0 Å². The van der Waals surface area contributed by atoms with Crippen molar-refractivity contribution in [1.82, 2.24) is 19.2 Å². The van der Waals surface area contributed by atoms with Gasteiger partial charge < -0.3 is 4.42 Å². The predicted octanol–water partition coefficient (Wildman–Crippen LogP) is 4.81. The lowest BCUT2D eigenvalue weighted by Crippen LogP contribution is -2.23. The van der Waals surface area contributed by atoms with E-state index >= 15 is 0 Å². The number of nitrogens with zero attached hydrogens (tertiary/aromatic N) is 4. The standard InChI is InChI=1S/C23H19ClN4O3S/c1-3-8-27-21(30)15-6-4-5-7-18(15)28-22(27)25-26-23(28)32-12-14-10-20(29)31-19-9-13(2)17(24)11-16(14)19/h4-7,9-11H,3,8,12H2,1-2H3. The Hall–Kier alpha value is -3.10. The van der Waals surface area contributed by atoms with Crippen LogP contribution < -0.4 is 11.2 Å². The summed E-state index contributed by atoms with van der Waals surface area (Å²) in [4.78, 5) is 25.1. The van der Waals surface area contributed by atoms with Crippen LogP contribution >= 0.6 is 23.4 Å². The molecule has 2 aromatic carbocycles. The van der Waals surface area contributed by atoms with Gasteiger partial charge in [-0.05, 0) is 48.7 Å². The second kappa shape index (κ2) is 8.11. The Morgan fingerprint density at radius 2 is 1.91 bits per heavy atom. The van der Waals surface area contributed by atoms with E-state index in [1.165, 1.54) is 17.8 Å². The fourth-order valence-electron chi connectivity index (χ4n) is 3.86. The number of benzene rings is 2. The van der Waals surface area contributed by atoms with Gasteiger partial charge in [0, 0.05) is 28.8 Å². The highest BCUT2D eigenvalue weighted by Gasteiger charge is 2.17. The lowest BCUT2D eigenvalue weighted by Gasteiger charge is -2.10. The van der Waals surface area contributed by atoms with Gasteiger partial charge in [-0.15, -0.1) is 10.2 Å². The van der Waals surface area contributed by atoms with Crippen LogP contribution in [0.15, 0.2) is 61.6 Å². The quantitative estimate of drug-likeness (QED) is 0.273. The highest BCUT2D eigenvalue weighted by atomic mass is 35.5. The summed E-state index contributed by atoms with van der Waals surface area (Å²) in [5, 5.41) is 11.3. The monoisotopic (exact) mass is 466 g/mol. The summed E-state index contributed by atoms with van der Waals surface area (Å²) in [5.41, 5.74) is 2.41. The molecule has 5 rings (SSSR count). The summed E-state index contributed by atoms with van der Waals surface area (Å²) >= 11 is 7.76. The first kappa shape index (κ1) is 20.8. The first-order valence-electron chi connectivity index (χ1n) is 10.2. The van der Waals surface area contributed by atoms with Gasteiger partial charge in [0.05, 0.1) is 10.9 Å². The van der Waals surface area contributed by atoms with Gasteiger partial charge >= 0.3 is 5.63 Å². The molecule has 162 valence electrons. The topological polar surface area (TPSA) is 82.4 Å². The van der Waals surface area contributed by atoms with Crippen molar-refractivity contribution in [1.29, 1.82) is 0 Å². The maximum absolute atomic E-state index is 13.0. The third kappa shape index (κ3) is 3.40. The molecule has 0 fully saturated rings. The molecule has 0 aliphatic carbocycles. The van der Waals surface area contributed by atoms with Crippen molar-refractivity contribution in [2.45, 2.75) is 37.7 Å². The minimum absolute atomic E-state index is 0.0735. The third-order valence-corrected chi connectivity index (χ3v) is 6.78. The van der Waals surface area contributed by atoms with Gasteiger partial charge in [0.2, 0.25) is 5.78 Å². The predicted molar refractivity (Wildman–Crippen MR) is 127 cm³/mol. The Morgan fingerprint density at radius 1 is 1.09 bits per heavy atom. The average molecular weight is 467 g/mol. The number of para-hydroxylation sites is 1. The summed E-state index contributed by atoms with van der Waals surface area (Å²) in [7, 11) is 0. The Bertz CT molecular complexity index is 1620. The van der Waals surface area contributed by atoms with E-state index in [1.54, 1.807) is 10.6 Å². The molecule has 3 aromatic heterocycles. The summed E-state index contributed by atoms with van der Waals surface area (Å²) in [6.07, 6.45) is 0.801. The number of rotatable bonds is 5. The maximum atomic E-state index is 13.0. The first-order chi connectivity index (χ1) is 15.5. The fraction of sp³-hybridized carbons (Fsp3) is 0.217. The summed E-state index contributed by atoms with van der Waals surface area (Å²) in [6.45, 7) is 4.44. The molecule has 0 unspecified atom stereocenters. The van der Waals surface area contributed by atoms with Crippen molar-refractivity contribution in [2.75, 3.05) is 0 Å². The lowest BCUT2D eigenvalue weighted by molar-refractivity contribution is 0.559. The van der Waals surface area contributed by atoms with Crippen molar-refractivity contribution < 1.29 is 4.42 Å². The second-order valence-electron chi connectivity index (χ2n) is 7.57. The van der Waals surface area contributed by atoms with E-state index in [0.717, 1.165) is 28.5 Å². The van der Waals surface area contributed by atoms with Crippen molar-refractivity contribution in [2.24, 2.45) is 0 Å². The molecule has 0 bridgehead atoms. The SMILES string of the molecule is CCCn1c(=O)c2ccccc2n2c(SCc3cc(=O)oc4cc(C)c(Cl)cc34)nnc12. The van der Waals surface area contributed by atoms with Gasteiger partial charge in [-0.3, -0.25) is 13.8 Å². The number of hydrogen-bond donors (Lipinski definition) is 0. The molecule has 0 amide bonds. The van der Waals surface area contributed by atoms with Crippen molar-refractivity contribution in [3.63, 3.8) is 0 Å². The smallest absolute Gasteiger partial charge is 0.336 e. The maximum Gasteiger partial charge on any atom is 0.336 e. The molecule has 7 nitrogen and oxygen atoms in total. The van der Waals surface area contributed by atoms with Gasteiger partial charge in [0.1, 0.15) is 5.58 Å². The van der Waals surface area contributed by atoms with Crippen LogP contribution in [-0.4, -0.2) is 19.2 Å². The molecule has 0 saturated carbocycles. The van der Waals surface area contributed by atoms with Crippen molar-refractivity contribution in [3.05, 3.63) is 79.4 Å². The zero-order chi connectivity index (χ0) is 22.4. The lowest BCUT2D eigenvalue weighted by atomic mass is 10.1. The summed E-state index contributed by atoms with van der Waals surface area (Å²) in [5.74, 6) is 0.970. The van der Waals surface area contributed by atoms with Gasteiger partial charge in [-0.25, -0.2) is 4.79 Å². The normalized spacial score (nSPS) is 11.7. The Kier molecular flexibility index (Phi) is 5.27. The number of fused-ring (bicyclic) bond motifs is 4. The zero-order valence-electron chi connectivity index (χ0n) is 17.5. The molecule has 0 aliphatic heterocycles. The Labute approximate surface area is 191 Å². The van der Waals surface area contributed by atoms with E-state index in [4.69, 9.17) is 16.0 Å². The minimum Gasteiger partial charge on any atom is -0.423 e. The summed E-state index contributed by atoms with van der Waals surface area (Å²) < 4.78 is 8.93. The van der Waals surface area contributed by atoms with Gasteiger partial charge in [-0.1, -0.05) is 42.4 Å². The Balaban J connectivity index is 1.64. The largest absolute Gasteiger partial charge is 0.423 e. The number of thioether (sulfide) groups is 1. The molecule has 0 spiro atoms. The van der Waals surface area contributed by atoms with Crippen LogP contribution in [0.1, 0.15) is 24.5 Å². The molecule has 0 radical (unpaired) electrons. The fourth-order valence-corrected chi connectivity index (χ4v) is 4.96. The van der Waals surface area contributed by atoms with E-state index in [0.29, 0.717) is 39.2 Å². The molecule has 0 atom stereocenters. The van der Waals surface area contributed by atoms with Gasteiger partial charge in [-0.2, -0.15) is 0 Å². The van der Waals surface area contributed by atoms with E-state index in [9.17, 15) is 9.59 Å². The van der Waals surface area contributed by atoms with E-state index in [-0.39, 0.29) is 5.56 Å². The molecule has 0 N–H and O–H groups in total. The molecule has 32 heavy (non-hydrogen) atoms. The van der Waals surface area contributed by atoms with Gasteiger partial charge in [0.15, 0.2) is 5.16 Å². The average Bonchev–Trinajstić information content (AvgIpc) is 3.20. The molecular weight excluding hydrogens is 448 g/mol. The Morgan fingerprint density at radius 3 is 2.72 bits per heavy atom. The molecule has 5 aromatic rings.